The van der Waals surface area contributed by atoms with Crippen molar-refractivity contribution in [3.8, 4) is 0 Å². The predicted molar refractivity (Wildman–Crippen MR) is 97.2 cm³/mol. The second-order valence-corrected chi connectivity index (χ2v) is 7.52. The fourth-order valence-electron chi connectivity index (χ4n) is 5.09. The molecule has 2 aliphatic rings. The average molecular weight is 359 g/mol. The Balaban J connectivity index is 1.67. The van der Waals surface area contributed by atoms with E-state index in [2.05, 4.69) is 36.1 Å². The van der Waals surface area contributed by atoms with Crippen molar-refractivity contribution in [1.29, 1.82) is 0 Å². The maximum absolute atomic E-state index is 13.4. The van der Waals surface area contributed by atoms with E-state index in [9.17, 15) is 13.2 Å². The van der Waals surface area contributed by atoms with Crippen LogP contribution in [-0.4, -0.2) is 24.0 Å². The molecule has 1 nitrogen and oxygen atoms in total. The van der Waals surface area contributed by atoms with Crippen molar-refractivity contribution in [1.82, 2.24) is 4.90 Å². The van der Waals surface area contributed by atoms with E-state index in [0.29, 0.717) is 23.9 Å². The van der Waals surface area contributed by atoms with Gasteiger partial charge in [-0.3, -0.25) is 4.90 Å². The third-order valence-corrected chi connectivity index (χ3v) is 6.25. The quantitative estimate of drug-likeness (QED) is 0.719. The zero-order valence-electron chi connectivity index (χ0n) is 15.0. The van der Waals surface area contributed by atoms with Crippen molar-refractivity contribution in [2.24, 2.45) is 5.92 Å². The molecule has 26 heavy (non-hydrogen) atoms. The van der Waals surface area contributed by atoms with Crippen LogP contribution in [0.25, 0.3) is 0 Å². The van der Waals surface area contributed by atoms with Crippen LogP contribution in [0.3, 0.4) is 0 Å². The first-order chi connectivity index (χ1) is 12.5. The van der Waals surface area contributed by atoms with Crippen molar-refractivity contribution in [3.05, 3.63) is 70.8 Å². The van der Waals surface area contributed by atoms with Crippen LogP contribution in [0.1, 0.15) is 41.5 Å². The van der Waals surface area contributed by atoms with Crippen LogP contribution in [0, 0.1) is 5.92 Å². The van der Waals surface area contributed by atoms with E-state index in [1.54, 1.807) is 6.07 Å². The minimum Gasteiger partial charge on any atom is -0.299 e. The van der Waals surface area contributed by atoms with E-state index < -0.39 is 11.7 Å². The summed E-state index contributed by atoms with van der Waals surface area (Å²) in [5, 5.41) is 0. The van der Waals surface area contributed by atoms with Crippen LogP contribution < -0.4 is 0 Å². The Hall–Kier alpha value is -1.81. The second-order valence-electron chi connectivity index (χ2n) is 7.52. The molecular formula is C22H24F3N. The Morgan fingerprint density at radius 3 is 2.50 bits per heavy atom. The SMILES string of the molecule is CCN1CC2c3cccc(C(F)(F)F)c3CCC2C1Cc1ccccc1. The van der Waals surface area contributed by atoms with E-state index in [1.165, 1.54) is 11.6 Å². The van der Waals surface area contributed by atoms with Gasteiger partial charge in [0, 0.05) is 18.5 Å². The molecule has 0 saturated carbocycles. The van der Waals surface area contributed by atoms with Crippen LogP contribution >= 0.6 is 0 Å². The third-order valence-electron chi connectivity index (χ3n) is 6.25. The fourth-order valence-corrected chi connectivity index (χ4v) is 5.09. The van der Waals surface area contributed by atoms with Gasteiger partial charge in [-0.2, -0.15) is 13.2 Å². The van der Waals surface area contributed by atoms with Crippen LogP contribution in [0.4, 0.5) is 13.2 Å². The lowest BCUT2D eigenvalue weighted by atomic mass is 9.72. The van der Waals surface area contributed by atoms with E-state index in [4.69, 9.17) is 0 Å². The molecule has 1 saturated heterocycles. The van der Waals surface area contributed by atoms with Gasteiger partial charge >= 0.3 is 6.18 Å². The molecule has 1 aliphatic carbocycles. The molecule has 3 atom stereocenters. The normalized spacial score (nSPS) is 25.8. The highest BCUT2D eigenvalue weighted by Crippen LogP contribution is 2.48. The smallest absolute Gasteiger partial charge is 0.299 e. The Morgan fingerprint density at radius 2 is 1.81 bits per heavy atom. The molecule has 2 aromatic carbocycles. The number of hydrogen-bond donors (Lipinski definition) is 0. The molecule has 0 spiro atoms. The summed E-state index contributed by atoms with van der Waals surface area (Å²) in [6.07, 6.45) is -1.90. The van der Waals surface area contributed by atoms with Crippen molar-refractivity contribution >= 4 is 0 Å². The molecule has 138 valence electrons. The zero-order valence-corrected chi connectivity index (χ0v) is 15.0. The second kappa shape index (κ2) is 6.73. The van der Waals surface area contributed by atoms with Gasteiger partial charge in [0.1, 0.15) is 0 Å². The fraction of sp³-hybridized carbons (Fsp3) is 0.455. The topological polar surface area (TPSA) is 3.24 Å². The predicted octanol–water partition coefficient (Wildman–Crippen LogP) is 5.30. The van der Waals surface area contributed by atoms with Gasteiger partial charge in [-0.25, -0.2) is 0 Å². The summed E-state index contributed by atoms with van der Waals surface area (Å²) >= 11 is 0. The first-order valence-corrected chi connectivity index (χ1v) is 9.46. The lowest BCUT2D eigenvalue weighted by Gasteiger charge is -2.33. The Morgan fingerprint density at radius 1 is 1.04 bits per heavy atom. The number of rotatable bonds is 3. The van der Waals surface area contributed by atoms with Crippen molar-refractivity contribution < 1.29 is 13.2 Å². The van der Waals surface area contributed by atoms with Gasteiger partial charge < -0.3 is 0 Å². The van der Waals surface area contributed by atoms with Crippen LogP contribution in [-0.2, 0) is 19.0 Å². The number of likely N-dealkylation sites (tertiary alicyclic amines) is 1. The number of nitrogens with zero attached hydrogens (tertiary/aromatic N) is 1. The van der Waals surface area contributed by atoms with Crippen LogP contribution in [0.2, 0.25) is 0 Å². The molecule has 0 aromatic heterocycles. The maximum atomic E-state index is 13.4. The summed E-state index contributed by atoms with van der Waals surface area (Å²) < 4.78 is 40.2. The third kappa shape index (κ3) is 3.05. The average Bonchev–Trinajstić information content (AvgIpc) is 2.99. The van der Waals surface area contributed by atoms with Crippen molar-refractivity contribution in [2.75, 3.05) is 13.1 Å². The molecule has 1 fully saturated rings. The van der Waals surface area contributed by atoms with Crippen molar-refractivity contribution in [3.63, 3.8) is 0 Å². The first kappa shape index (κ1) is 17.6. The lowest BCUT2D eigenvalue weighted by Crippen LogP contribution is -2.35. The molecule has 4 heteroatoms. The van der Waals surface area contributed by atoms with Crippen LogP contribution in [0.15, 0.2) is 48.5 Å². The highest BCUT2D eigenvalue weighted by atomic mass is 19.4. The summed E-state index contributed by atoms with van der Waals surface area (Å²) in [5.74, 6) is 0.654. The van der Waals surface area contributed by atoms with Gasteiger partial charge in [0.15, 0.2) is 0 Å². The number of benzene rings is 2. The Labute approximate surface area is 152 Å². The van der Waals surface area contributed by atoms with E-state index in [1.807, 2.05) is 12.1 Å². The number of likely N-dealkylation sites (N-methyl/N-ethyl adjacent to an activating group) is 1. The number of alkyl halides is 3. The first-order valence-electron chi connectivity index (χ1n) is 9.46. The molecule has 3 unspecified atom stereocenters. The van der Waals surface area contributed by atoms with E-state index in [0.717, 1.165) is 31.5 Å². The zero-order chi connectivity index (χ0) is 18.3. The highest BCUT2D eigenvalue weighted by Gasteiger charge is 2.46. The minimum atomic E-state index is -4.26. The van der Waals surface area contributed by atoms with Gasteiger partial charge in [0.25, 0.3) is 0 Å². The Bertz CT molecular complexity index is 769. The largest absolute Gasteiger partial charge is 0.416 e. The molecule has 4 rings (SSSR count). The van der Waals surface area contributed by atoms with Crippen LogP contribution in [0.5, 0.6) is 0 Å². The summed E-state index contributed by atoms with van der Waals surface area (Å²) in [7, 11) is 0. The standard InChI is InChI=1S/C22H24F3N/c1-2-26-14-19-16-9-6-10-20(22(23,24)25)17(16)11-12-18(19)21(26)13-15-7-4-3-5-8-15/h3-10,18-19,21H,2,11-14H2,1H3. The molecular weight excluding hydrogens is 335 g/mol. The number of halogens is 3. The molecule has 2 aromatic rings. The molecule has 0 N–H and O–H groups in total. The van der Waals surface area contributed by atoms with Gasteiger partial charge in [-0.15, -0.1) is 0 Å². The molecule has 0 amide bonds. The van der Waals surface area contributed by atoms with E-state index >= 15 is 0 Å². The van der Waals surface area contributed by atoms with Gasteiger partial charge in [-0.1, -0.05) is 49.4 Å². The van der Waals surface area contributed by atoms with Crippen molar-refractivity contribution in [2.45, 2.75) is 44.3 Å². The summed E-state index contributed by atoms with van der Waals surface area (Å²) in [4.78, 5) is 2.47. The monoisotopic (exact) mass is 359 g/mol. The summed E-state index contributed by atoms with van der Waals surface area (Å²) in [5.41, 5.74) is 2.36. The molecule has 1 aliphatic heterocycles. The lowest BCUT2D eigenvalue weighted by molar-refractivity contribution is -0.138. The molecule has 0 bridgehead atoms. The number of fused-ring (bicyclic) bond motifs is 3. The Kier molecular flexibility index (Phi) is 4.55. The highest BCUT2D eigenvalue weighted by molar-refractivity contribution is 5.43. The van der Waals surface area contributed by atoms with Gasteiger partial charge in [0.2, 0.25) is 0 Å². The number of hydrogen-bond acceptors (Lipinski definition) is 1. The van der Waals surface area contributed by atoms with E-state index in [-0.39, 0.29) is 5.92 Å². The maximum Gasteiger partial charge on any atom is 0.416 e. The van der Waals surface area contributed by atoms with Gasteiger partial charge in [0.05, 0.1) is 5.56 Å². The minimum absolute atomic E-state index is 0.217. The summed E-state index contributed by atoms with van der Waals surface area (Å²) in [6, 6.07) is 15.6. The summed E-state index contributed by atoms with van der Waals surface area (Å²) in [6.45, 7) is 3.97. The van der Waals surface area contributed by atoms with Gasteiger partial charge in [-0.05, 0) is 54.5 Å². The molecule has 0 radical (unpaired) electrons. The molecule has 1 heterocycles.